The van der Waals surface area contributed by atoms with Crippen molar-refractivity contribution < 1.29 is 4.79 Å². The van der Waals surface area contributed by atoms with Gasteiger partial charge in [0.25, 0.3) is 5.91 Å². The van der Waals surface area contributed by atoms with Crippen molar-refractivity contribution in [3.63, 3.8) is 0 Å². The Labute approximate surface area is 119 Å². The van der Waals surface area contributed by atoms with Gasteiger partial charge in [-0.3, -0.25) is 4.79 Å². The van der Waals surface area contributed by atoms with E-state index in [-0.39, 0.29) is 18.3 Å². The molecule has 2 rings (SSSR count). The van der Waals surface area contributed by atoms with Gasteiger partial charge >= 0.3 is 0 Å². The van der Waals surface area contributed by atoms with Gasteiger partial charge in [0.15, 0.2) is 0 Å². The van der Waals surface area contributed by atoms with Crippen molar-refractivity contribution in [3.05, 3.63) is 34.9 Å². The molecule has 0 bridgehead atoms. The summed E-state index contributed by atoms with van der Waals surface area (Å²) in [6.45, 7) is 2.89. The third-order valence-electron chi connectivity index (χ3n) is 3.12. The van der Waals surface area contributed by atoms with Crippen molar-refractivity contribution in [1.82, 2.24) is 10.6 Å². The Balaban J connectivity index is 0.00000162. The van der Waals surface area contributed by atoms with Crippen LogP contribution in [0.25, 0.3) is 0 Å². The molecule has 0 aromatic heterocycles. The van der Waals surface area contributed by atoms with Crippen LogP contribution in [-0.4, -0.2) is 25.5 Å². The highest BCUT2D eigenvalue weighted by molar-refractivity contribution is 6.33. The SMILES string of the molecule is Cl.O=C(NCCC1CCNC1)c1ccccc1Cl. The molecular formula is C13H18Cl2N2O. The van der Waals surface area contributed by atoms with Crippen molar-refractivity contribution >= 4 is 29.9 Å². The molecule has 1 saturated heterocycles. The molecule has 1 aromatic carbocycles. The van der Waals surface area contributed by atoms with Gasteiger partial charge in [-0.25, -0.2) is 0 Å². The molecule has 0 saturated carbocycles. The van der Waals surface area contributed by atoms with Gasteiger partial charge in [-0.15, -0.1) is 12.4 Å². The van der Waals surface area contributed by atoms with E-state index in [1.165, 1.54) is 6.42 Å². The third-order valence-corrected chi connectivity index (χ3v) is 3.45. The topological polar surface area (TPSA) is 41.1 Å². The van der Waals surface area contributed by atoms with E-state index >= 15 is 0 Å². The molecule has 0 aliphatic carbocycles. The minimum absolute atomic E-state index is 0. The molecule has 0 spiro atoms. The van der Waals surface area contributed by atoms with Crippen LogP contribution in [0.4, 0.5) is 0 Å². The normalized spacial score (nSPS) is 18.2. The molecule has 100 valence electrons. The highest BCUT2D eigenvalue weighted by Gasteiger charge is 2.15. The first-order valence-corrected chi connectivity index (χ1v) is 6.38. The Morgan fingerprint density at radius 3 is 2.89 bits per heavy atom. The van der Waals surface area contributed by atoms with E-state index in [4.69, 9.17) is 11.6 Å². The number of hydrogen-bond donors (Lipinski definition) is 2. The Kier molecular flexibility index (Phi) is 6.47. The largest absolute Gasteiger partial charge is 0.352 e. The average Bonchev–Trinajstić information content (AvgIpc) is 2.82. The average molecular weight is 289 g/mol. The van der Waals surface area contributed by atoms with Crippen LogP contribution < -0.4 is 10.6 Å². The van der Waals surface area contributed by atoms with Gasteiger partial charge in [0.05, 0.1) is 10.6 Å². The molecule has 0 radical (unpaired) electrons. The second-order valence-corrected chi connectivity index (χ2v) is 4.79. The number of hydrogen-bond acceptors (Lipinski definition) is 2. The van der Waals surface area contributed by atoms with E-state index in [0.717, 1.165) is 26.1 Å². The first-order chi connectivity index (χ1) is 8.27. The number of rotatable bonds is 4. The predicted molar refractivity (Wildman–Crippen MR) is 76.6 cm³/mol. The number of halogens is 2. The van der Waals surface area contributed by atoms with Crippen molar-refractivity contribution in [2.24, 2.45) is 5.92 Å². The number of nitrogens with one attached hydrogen (secondary N) is 2. The van der Waals surface area contributed by atoms with E-state index in [0.29, 0.717) is 16.5 Å². The molecule has 1 aliphatic heterocycles. The molecule has 3 nitrogen and oxygen atoms in total. The van der Waals surface area contributed by atoms with Crippen LogP contribution in [0.2, 0.25) is 5.02 Å². The first-order valence-electron chi connectivity index (χ1n) is 6.01. The summed E-state index contributed by atoms with van der Waals surface area (Å²) in [5.74, 6) is 0.614. The summed E-state index contributed by atoms with van der Waals surface area (Å²) in [4.78, 5) is 11.8. The number of carbonyl (C=O) groups excluding carboxylic acids is 1. The summed E-state index contributed by atoms with van der Waals surface area (Å²) in [6.07, 6.45) is 2.24. The fourth-order valence-electron chi connectivity index (χ4n) is 2.09. The monoisotopic (exact) mass is 288 g/mol. The Bertz CT molecular complexity index is 392. The molecule has 1 fully saturated rings. The lowest BCUT2D eigenvalue weighted by molar-refractivity contribution is 0.0952. The lowest BCUT2D eigenvalue weighted by atomic mass is 10.1. The highest BCUT2D eigenvalue weighted by Crippen LogP contribution is 2.15. The fourth-order valence-corrected chi connectivity index (χ4v) is 2.31. The standard InChI is InChI=1S/C13H17ClN2O.ClH/c14-12-4-2-1-3-11(12)13(17)16-8-6-10-5-7-15-9-10;/h1-4,10,15H,5-9H2,(H,16,17);1H. The smallest absolute Gasteiger partial charge is 0.252 e. The van der Waals surface area contributed by atoms with E-state index in [1.807, 2.05) is 12.1 Å². The minimum Gasteiger partial charge on any atom is -0.352 e. The Morgan fingerprint density at radius 2 is 2.22 bits per heavy atom. The zero-order valence-corrected chi connectivity index (χ0v) is 11.7. The van der Waals surface area contributed by atoms with E-state index < -0.39 is 0 Å². The van der Waals surface area contributed by atoms with Crippen LogP contribution in [-0.2, 0) is 0 Å². The van der Waals surface area contributed by atoms with Crippen molar-refractivity contribution in [3.8, 4) is 0 Å². The van der Waals surface area contributed by atoms with Gasteiger partial charge in [-0.1, -0.05) is 23.7 Å². The number of amides is 1. The molecule has 1 aromatic rings. The second-order valence-electron chi connectivity index (χ2n) is 4.38. The van der Waals surface area contributed by atoms with Gasteiger partial charge in [0.1, 0.15) is 0 Å². The van der Waals surface area contributed by atoms with Crippen molar-refractivity contribution in [2.45, 2.75) is 12.8 Å². The lowest BCUT2D eigenvalue weighted by Gasteiger charge is -2.10. The first kappa shape index (κ1) is 15.3. The molecular weight excluding hydrogens is 271 g/mol. The van der Waals surface area contributed by atoms with Crippen LogP contribution in [0.15, 0.2) is 24.3 Å². The van der Waals surface area contributed by atoms with Gasteiger partial charge < -0.3 is 10.6 Å². The van der Waals surface area contributed by atoms with Crippen LogP contribution in [0.3, 0.4) is 0 Å². The Hall–Kier alpha value is -0.770. The number of benzene rings is 1. The summed E-state index contributed by atoms with van der Waals surface area (Å²) in [6, 6.07) is 7.12. The quantitative estimate of drug-likeness (QED) is 0.894. The van der Waals surface area contributed by atoms with E-state index in [9.17, 15) is 4.79 Å². The molecule has 2 N–H and O–H groups in total. The molecule has 18 heavy (non-hydrogen) atoms. The summed E-state index contributed by atoms with van der Waals surface area (Å²) < 4.78 is 0. The zero-order valence-electron chi connectivity index (χ0n) is 10.1. The summed E-state index contributed by atoms with van der Waals surface area (Å²) in [5, 5.41) is 6.74. The van der Waals surface area contributed by atoms with E-state index in [2.05, 4.69) is 10.6 Å². The van der Waals surface area contributed by atoms with Gasteiger partial charge in [0.2, 0.25) is 0 Å². The predicted octanol–water partition coefficient (Wildman–Crippen LogP) is 2.49. The second kappa shape index (κ2) is 7.62. The summed E-state index contributed by atoms with van der Waals surface area (Å²) in [7, 11) is 0. The van der Waals surface area contributed by atoms with E-state index in [1.54, 1.807) is 12.1 Å². The lowest BCUT2D eigenvalue weighted by Crippen LogP contribution is -2.26. The Morgan fingerprint density at radius 1 is 1.44 bits per heavy atom. The van der Waals surface area contributed by atoms with Gasteiger partial charge in [-0.05, 0) is 44.0 Å². The maximum absolute atomic E-state index is 11.8. The van der Waals surface area contributed by atoms with Crippen LogP contribution in [0.5, 0.6) is 0 Å². The van der Waals surface area contributed by atoms with Crippen LogP contribution in [0, 0.1) is 5.92 Å². The minimum atomic E-state index is -0.0819. The highest BCUT2D eigenvalue weighted by atomic mass is 35.5. The van der Waals surface area contributed by atoms with Crippen molar-refractivity contribution in [1.29, 1.82) is 0 Å². The zero-order chi connectivity index (χ0) is 12.1. The van der Waals surface area contributed by atoms with Crippen molar-refractivity contribution in [2.75, 3.05) is 19.6 Å². The summed E-state index contributed by atoms with van der Waals surface area (Å²) in [5.41, 5.74) is 0.554. The maximum Gasteiger partial charge on any atom is 0.252 e. The summed E-state index contributed by atoms with van der Waals surface area (Å²) >= 11 is 5.95. The number of carbonyl (C=O) groups is 1. The molecule has 1 amide bonds. The fraction of sp³-hybridized carbons (Fsp3) is 0.462. The molecule has 5 heteroatoms. The molecule has 1 atom stereocenters. The van der Waals surface area contributed by atoms with Crippen LogP contribution >= 0.6 is 24.0 Å². The van der Waals surface area contributed by atoms with Gasteiger partial charge in [-0.2, -0.15) is 0 Å². The molecule has 1 aliphatic rings. The maximum atomic E-state index is 11.8. The molecule has 1 heterocycles. The third kappa shape index (κ3) is 4.16. The van der Waals surface area contributed by atoms with Gasteiger partial charge in [0, 0.05) is 6.54 Å². The van der Waals surface area contributed by atoms with Crippen LogP contribution in [0.1, 0.15) is 23.2 Å². The molecule has 1 unspecified atom stereocenters.